The number of morpholine rings is 1. The number of nitrogen functional groups attached to an aromatic ring is 1. The van der Waals surface area contributed by atoms with Gasteiger partial charge in [-0.2, -0.15) is 0 Å². The molecule has 3 rings (SSSR count). The Labute approximate surface area is 153 Å². The number of hydrogen-bond acceptors (Lipinski definition) is 6. The quantitative estimate of drug-likeness (QED) is 0.851. The first kappa shape index (κ1) is 18.4. The molecule has 0 radical (unpaired) electrons. The highest BCUT2D eigenvalue weighted by Crippen LogP contribution is 2.17. The van der Waals surface area contributed by atoms with Gasteiger partial charge in [-0.3, -0.25) is 4.79 Å². The SMILES string of the molecule is CC(C)Cc1cc(C(=O)N2CCO[C@@H](CCc3ccnc(N)c3)C2)on1. The lowest BCUT2D eigenvalue weighted by Crippen LogP contribution is -2.45. The third kappa shape index (κ3) is 4.82. The van der Waals surface area contributed by atoms with E-state index in [1.807, 2.05) is 12.1 Å². The highest BCUT2D eigenvalue weighted by molar-refractivity contribution is 5.91. The van der Waals surface area contributed by atoms with Crippen LogP contribution in [0.2, 0.25) is 0 Å². The van der Waals surface area contributed by atoms with Crippen LogP contribution in [0.25, 0.3) is 0 Å². The van der Waals surface area contributed by atoms with Crippen molar-refractivity contribution in [2.75, 3.05) is 25.4 Å². The Hall–Kier alpha value is -2.41. The third-order valence-electron chi connectivity index (χ3n) is 4.41. The summed E-state index contributed by atoms with van der Waals surface area (Å²) in [5.74, 6) is 1.18. The summed E-state index contributed by atoms with van der Waals surface area (Å²) < 4.78 is 11.1. The number of hydrogen-bond donors (Lipinski definition) is 1. The van der Waals surface area contributed by atoms with Crippen molar-refractivity contribution in [2.45, 2.75) is 39.2 Å². The number of carbonyl (C=O) groups excluding carboxylic acids is 1. The summed E-state index contributed by atoms with van der Waals surface area (Å²) in [4.78, 5) is 18.5. The molecule has 0 bridgehead atoms. The molecule has 7 nitrogen and oxygen atoms in total. The van der Waals surface area contributed by atoms with E-state index in [2.05, 4.69) is 24.0 Å². The molecule has 0 spiro atoms. The van der Waals surface area contributed by atoms with E-state index < -0.39 is 0 Å². The lowest BCUT2D eigenvalue weighted by Gasteiger charge is -2.32. The van der Waals surface area contributed by atoms with Crippen LogP contribution in [-0.4, -0.2) is 46.7 Å². The van der Waals surface area contributed by atoms with Crippen LogP contribution in [0.3, 0.4) is 0 Å². The molecular formula is C19H26N4O3. The van der Waals surface area contributed by atoms with Crippen molar-refractivity contribution in [1.29, 1.82) is 0 Å². The van der Waals surface area contributed by atoms with Gasteiger partial charge >= 0.3 is 0 Å². The highest BCUT2D eigenvalue weighted by Gasteiger charge is 2.27. The van der Waals surface area contributed by atoms with Crippen LogP contribution in [0.4, 0.5) is 5.82 Å². The molecule has 1 amide bonds. The number of amides is 1. The first-order chi connectivity index (χ1) is 12.5. The maximum atomic E-state index is 12.7. The molecule has 1 aliphatic rings. The van der Waals surface area contributed by atoms with Gasteiger partial charge in [-0.25, -0.2) is 4.98 Å². The van der Waals surface area contributed by atoms with Gasteiger partial charge < -0.3 is 19.9 Å². The van der Waals surface area contributed by atoms with Crippen molar-refractivity contribution < 1.29 is 14.1 Å². The Morgan fingerprint density at radius 2 is 2.27 bits per heavy atom. The second-order valence-corrected chi connectivity index (χ2v) is 7.15. The minimum Gasteiger partial charge on any atom is -0.384 e. The van der Waals surface area contributed by atoms with Crippen LogP contribution in [0.1, 0.15) is 42.1 Å². The molecule has 3 heterocycles. The van der Waals surface area contributed by atoms with E-state index in [1.54, 1.807) is 17.2 Å². The fourth-order valence-corrected chi connectivity index (χ4v) is 3.14. The maximum absolute atomic E-state index is 12.7. The summed E-state index contributed by atoms with van der Waals surface area (Å²) in [6.07, 6.45) is 4.17. The molecule has 0 aromatic carbocycles. The van der Waals surface area contributed by atoms with Gasteiger partial charge in [0.2, 0.25) is 5.76 Å². The zero-order valence-electron chi connectivity index (χ0n) is 15.4. The Morgan fingerprint density at radius 3 is 3.04 bits per heavy atom. The van der Waals surface area contributed by atoms with Crippen LogP contribution in [0.15, 0.2) is 28.9 Å². The fraction of sp³-hybridized carbons (Fsp3) is 0.526. The molecule has 1 aliphatic heterocycles. The normalized spacial score (nSPS) is 17.7. The minimum absolute atomic E-state index is 0.000135. The van der Waals surface area contributed by atoms with E-state index in [0.717, 1.165) is 30.5 Å². The monoisotopic (exact) mass is 358 g/mol. The van der Waals surface area contributed by atoms with Crippen molar-refractivity contribution in [1.82, 2.24) is 15.0 Å². The molecule has 2 N–H and O–H groups in total. The zero-order chi connectivity index (χ0) is 18.5. The summed E-state index contributed by atoms with van der Waals surface area (Å²) in [5, 5.41) is 4.00. The van der Waals surface area contributed by atoms with Crippen molar-refractivity contribution in [3.63, 3.8) is 0 Å². The molecule has 1 saturated heterocycles. The summed E-state index contributed by atoms with van der Waals surface area (Å²) in [7, 11) is 0. The third-order valence-corrected chi connectivity index (χ3v) is 4.41. The van der Waals surface area contributed by atoms with Crippen LogP contribution < -0.4 is 5.73 Å². The van der Waals surface area contributed by atoms with E-state index in [4.69, 9.17) is 15.0 Å². The number of pyridine rings is 1. The molecule has 0 aliphatic carbocycles. The average Bonchev–Trinajstić information content (AvgIpc) is 3.07. The van der Waals surface area contributed by atoms with Crippen LogP contribution in [0.5, 0.6) is 0 Å². The van der Waals surface area contributed by atoms with Gasteiger partial charge in [-0.05, 0) is 42.9 Å². The number of anilines is 1. The molecule has 0 unspecified atom stereocenters. The predicted octanol–water partition coefficient (Wildman–Crippen LogP) is 2.32. The van der Waals surface area contributed by atoms with Gasteiger partial charge in [-0.1, -0.05) is 19.0 Å². The van der Waals surface area contributed by atoms with Crippen LogP contribution in [0, 0.1) is 5.92 Å². The summed E-state index contributed by atoms with van der Waals surface area (Å²) in [6.45, 7) is 5.87. The molecule has 1 atom stereocenters. The van der Waals surface area contributed by atoms with E-state index in [9.17, 15) is 4.79 Å². The van der Waals surface area contributed by atoms with E-state index in [-0.39, 0.29) is 12.0 Å². The Morgan fingerprint density at radius 1 is 1.42 bits per heavy atom. The maximum Gasteiger partial charge on any atom is 0.292 e. The fourth-order valence-electron chi connectivity index (χ4n) is 3.14. The topological polar surface area (TPSA) is 94.5 Å². The predicted molar refractivity (Wildman–Crippen MR) is 97.7 cm³/mol. The Balaban J connectivity index is 1.55. The average molecular weight is 358 g/mol. The van der Waals surface area contributed by atoms with Gasteiger partial charge in [0.25, 0.3) is 5.91 Å². The largest absolute Gasteiger partial charge is 0.384 e. The Bertz CT molecular complexity index is 744. The van der Waals surface area contributed by atoms with E-state index in [1.165, 1.54) is 0 Å². The second kappa shape index (κ2) is 8.31. The summed E-state index contributed by atoms with van der Waals surface area (Å²) in [6, 6.07) is 5.58. The molecule has 7 heteroatoms. The van der Waals surface area contributed by atoms with E-state index in [0.29, 0.717) is 37.2 Å². The van der Waals surface area contributed by atoms with Crippen molar-refractivity contribution >= 4 is 11.7 Å². The molecular weight excluding hydrogens is 332 g/mol. The van der Waals surface area contributed by atoms with Gasteiger partial charge in [0.15, 0.2) is 0 Å². The highest BCUT2D eigenvalue weighted by atomic mass is 16.5. The number of nitrogens with two attached hydrogens (primary N) is 1. The number of ether oxygens (including phenoxy) is 1. The van der Waals surface area contributed by atoms with Crippen LogP contribution >= 0.6 is 0 Å². The van der Waals surface area contributed by atoms with Crippen molar-refractivity contribution in [2.24, 2.45) is 5.92 Å². The van der Waals surface area contributed by atoms with Crippen molar-refractivity contribution in [3.05, 3.63) is 41.4 Å². The zero-order valence-corrected chi connectivity index (χ0v) is 15.4. The van der Waals surface area contributed by atoms with E-state index >= 15 is 0 Å². The summed E-state index contributed by atoms with van der Waals surface area (Å²) in [5.41, 5.74) is 7.66. The van der Waals surface area contributed by atoms with Gasteiger partial charge in [0.1, 0.15) is 5.82 Å². The summed E-state index contributed by atoms with van der Waals surface area (Å²) >= 11 is 0. The first-order valence-electron chi connectivity index (χ1n) is 9.08. The molecule has 0 saturated carbocycles. The minimum atomic E-state index is -0.117. The lowest BCUT2D eigenvalue weighted by molar-refractivity contribution is -0.0257. The lowest BCUT2D eigenvalue weighted by atomic mass is 10.1. The van der Waals surface area contributed by atoms with Crippen LogP contribution in [-0.2, 0) is 17.6 Å². The van der Waals surface area contributed by atoms with Gasteiger partial charge in [-0.15, -0.1) is 0 Å². The second-order valence-electron chi connectivity index (χ2n) is 7.15. The number of aromatic nitrogens is 2. The Kier molecular flexibility index (Phi) is 5.88. The number of nitrogens with zero attached hydrogens (tertiary/aromatic N) is 3. The van der Waals surface area contributed by atoms with Gasteiger partial charge in [0.05, 0.1) is 18.4 Å². The molecule has 2 aromatic heterocycles. The van der Waals surface area contributed by atoms with Gasteiger partial charge in [0, 0.05) is 25.4 Å². The molecule has 140 valence electrons. The molecule has 1 fully saturated rings. The standard InChI is InChI=1S/C19H26N4O3/c1-13(2)9-15-11-17(26-22-15)19(24)23-7-8-25-16(12-23)4-3-14-5-6-21-18(20)10-14/h5-6,10-11,13,16H,3-4,7-9,12H2,1-2H3,(H2,20,21)/t16-/m0/s1. The number of aryl methyl sites for hydroxylation is 1. The first-order valence-corrected chi connectivity index (χ1v) is 9.08. The number of carbonyl (C=O) groups is 1. The van der Waals surface area contributed by atoms with Crippen molar-refractivity contribution in [3.8, 4) is 0 Å². The molecule has 2 aromatic rings. The number of rotatable bonds is 6. The smallest absolute Gasteiger partial charge is 0.292 e. The molecule has 26 heavy (non-hydrogen) atoms.